The van der Waals surface area contributed by atoms with Crippen molar-refractivity contribution in [3.05, 3.63) is 38.8 Å². The van der Waals surface area contributed by atoms with Crippen molar-refractivity contribution in [2.24, 2.45) is 5.41 Å². The fraction of sp³-hybridized carbons (Fsp3) is 0.533. The van der Waals surface area contributed by atoms with E-state index in [1.54, 1.807) is 0 Å². The Morgan fingerprint density at radius 3 is 2.86 bits per heavy atom. The highest BCUT2D eigenvalue weighted by molar-refractivity contribution is 5.97. The Labute approximate surface area is 122 Å². The Hall–Kier alpha value is -2.11. The lowest BCUT2D eigenvalue weighted by Gasteiger charge is -2.14. The molecule has 21 heavy (non-hydrogen) atoms. The summed E-state index contributed by atoms with van der Waals surface area (Å²) in [6, 6.07) is 2.09. The fourth-order valence-electron chi connectivity index (χ4n) is 3.51. The van der Waals surface area contributed by atoms with Gasteiger partial charge in [0.2, 0.25) is 6.61 Å². The van der Waals surface area contributed by atoms with Gasteiger partial charge in [-0.3, -0.25) is 0 Å². The maximum atomic E-state index is 12.2. The van der Waals surface area contributed by atoms with Crippen LogP contribution in [0.5, 0.6) is 0 Å². The summed E-state index contributed by atoms with van der Waals surface area (Å²) in [5.74, 6) is -0.369. The number of carbonyl (C=O) groups excluding carboxylic acids is 1. The third kappa shape index (κ3) is 2.24. The standard InChI is InChI=1S/C15H18NO5/c1-8-4-9-5-15(2,3)6-10(9)13-12(8)11(21-14(13)17)7-20-16(18)19/h4,11H,5-7H2,1-3H3,(H,18,19)/q+1/t11-/m1/s1. The number of aryl methyl sites for hydroxylation is 1. The lowest BCUT2D eigenvalue weighted by Crippen LogP contribution is -2.13. The highest BCUT2D eigenvalue weighted by Gasteiger charge is 2.41. The van der Waals surface area contributed by atoms with Crippen LogP contribution in [-0.4, -0.2) is 22.9 Å². The van der Waals surface area contributed by atoms with Gasteiger partial charge in [-0.2, -0.15) is 4.84 Å². The number of esters is 1. The topological polar surface area (TPSA) is 75.8 Å². The summed E-state index contributed by atoms with van der Waals surface area (Å²) >= 11 is 0. The zero-order valence-electron chi connectivity index (χ0n) is 12.3. The van der Waals surface area contributed by atoms with Gasteiger partial charge in [-0.1, -0.05) is 19.9 Å². The minimum Gasteiger partial charge on any atom is -0.450 e. The number of rotatable bonds is 3. The second kappa shape index (κ2) is 4.44. The molecule has 0 bridgehead atoms. The summed E-state index contributed by atoms with van der Waals surface area (Å²) in [4.78, 5) is 27.2. The Balaban J connectivity index is 2.04. The van der Waals surface area contributed by atoms with E-state index in [0.717, 1.165) is 29.5 Å². The van der Waals surface area contributed by atoms with E-state index in [9.17, 15) is 9.70 Å². The predicted molar refractivity (Wildman–Crippen MR) is 71.9 cm³/mol. The van der Waals surface area contributed by atoms with Gasteiger partial charge in [0.05, 0.1) is 5.56 Å². The smallest absolute Gasteiger partial charge is 0.450 e. The summed E-state index contributed by atoms with van der Waals surface area (Å²) in [6.07, 6.45) is 1.13. The van der Waals surface area contributed by atoms with Crippen LogP contribution in [0.2, 0.25) is 0 Å². The number of hydrogen-bond acceptors (Lipinski definition) is 4. The van der Waals surface area contributed by atoms with Gasteiger partial charge < -0.3 is 4.74 Å². The van der Waals surface area contributed by atoms with Gasteiger partial charge in [0, 0.05) is 5.56 Å². The van der Waals surface area contributed by atoms with E-state index in [1.807, 2.05) is 6.92 Å². The zero-order chi connectivity index (χ0) is 15.4. The molecule has 112 valence electrons. The highest BCUT2D eigenvalue weighted by atomic mass is 17.0. The molecule has 3 rings (SSSR count). The first-order chi connectivity index (χ1) is 9.78. The van der Waals surface area contributed by atoms with E-state index in [0.29, 0.717) is 5.56 Å². The second-order valence-electron chi connectivity index (χ2n) is 6.57. The van der Waals surface area contributed by atoms with Crippen LogP contribution in [-0.2, 0) is 22.4 Å². The number of ether oxygens (including phenoxy) is 1. The SMILES string of the molecule is Cc1cc2c(c3c1[C@@H](CO[N+](=O)O)OC3=O)CC(C)(C)C2. The molecule has 6 nitrogen and oxygen atoms in total. The van der Waals surface area contributed by atoms with Crippen molar-refractivity contribution in [2.75, 3.05) is 6.61 Å². The molecule has 0 spiro atoms. The van der Waals surface area contributed by atoms with E-state index in [1.165, 1.54) is 5.56 Å². The van der Waals surface area contributed by atoms with Crippen LogP contribution < -0.4 is 0 Å². The molecule has 6 heteroatoms. The maximum Gasteiger partial charge on any atom is 0.475 e. The lowest BCUT2D eigenvalue weighted by atomic mass is 9.89. The second-order valence-corrected chi connectivity index (χ2v) is 6.57. The van der Waals surface area contributed by atoms with Crippen LogP contribution in [0.25, 0.3) is 0 Å². The van der Waals surface area contributed by atoms with Crippen molar-refractivity contribution in [1.82, 2.24) is 0 Å². The molecular formula is C15H18NO5+. The van der Waals surface area contributed by atoms with Gasteiger partial charge in [0.25, 0.3) is 0 Å². The molecule has 0 saturated heterocycles. The van der Waals surface area contributed by atoms with Gasteiger partial charge >= 0.3 is 11.1 Å². The van der Waals surface area contributed by atoms with E-state index in [2.05, 4.69) is 24.8 Å². The molecule has 0 fully saturated rings. The number of fused-ring (bicyclic) bond motifs is 3. The lowest BCUT2D eigenvalue weighted by molar-refractivity contribution is -0.976. The first-order valence-electron chi connectivity index (χ1n) is 6.94. The van der Waals surface area contributed by atoms with E-state index >= 15 is 0 Å². The van der Waals surface area contributed by atoms with Gasteiger partial charge in [0.15, 0.2) is 6.10 Å². The van der Waals surface area contributed by atoms with Crippen LogP contribution in [0, 0.1) is 17.2 Å². The average molecular weight is 292 g/mol. The first kappa shape index (κ1) is 13.9. The van der Waals surface area contributed by atoms with Crippen molar-refractivity contribution in [2.45, 2.75) is 39.7 Å². The third-order valence-electron chi connectivity index (χ3n) is 4.21. The quantitative estimate of drug-likeness (QED) is 0.684. The molecule has 0 unspecified atom stereocenters. The Bertz CT molecular complexity index is 650. The third-order valence-corrected chi connectivity index (χ3v) is 4.21. The molecule has 1 atom stereocenters. The van der Waals surface area contributed by atoms with Crippen LogP contribution in [0.4, 0.5) is 0 Å². The van der Waals surface area contributed by atoms with Crippen LogP contribution in [0.3, 0.4) is 0 Å². The Morgan fingerprint density at radius 2 is 2.19 bits per heavy atom. The monoisotopic (exact) mass is 292 g/mol. The van der Waals surface area contributed by atoms with Gasteiger partial charge in [-0.05, 0) is 41.9 Å². The van der Waals surface area contributed by atoms with Crippen LogP contribution >= 0.6 is 0 Å². The van der Waals surface area contributed by atoms with E-state index in [4.69, 9.17) is 9.94 Å². The number of carbonyl (C=O) groups is 1. The summed E-state index contributed by atoms with van der Waals surface area (Å²) < 4.78 is 5.32. The fourth-order valence-corrected chi connectivity index (χ4v) is 3.51. The zero-order valence-corrected chi connectivity index (χ0v) is 12.3. The molecular weight excluding hydrogens is 274 g/mol. The molecule has 1 aromatic rings. The molecule has 0 aromatic heterocycles. The number of nitrogens with zero attached hydrogens (tertiary/aromatic N) is 1. The molecule has 1 N–H and O–H groups in total. The summed E-state index contributed by atoms with van der Waals surface area (Å²) in [5, 5.41) is 7.92. The van der Waals surface area contributed by atoms with Crippen molar-refractivity contribution < 1.29 is 24.7 Å². The van der Waals surface area contributed by atoms with E-state index in [-0.39, 0.29) is 18.0 Å². The molecule has 2 aliphatic rings. The minimum atomic E-state index is -0.648. The predicted octanol–water partition coefficient (Wildman–Crippen LogP) is 2.43. The summed E-state index contributed by atoms with van der Waals surface area (Å²) in [6.45, 7) is 6.09. The number of benzene rings is 1. The highest BCUT2D eigenvalue weighted by Crippen LogP contribution is 2.44. The Kier molecular flexibility index (Phi) is 2.93. The van der Waals surface area contributed by atoms with Crippen molar-refractivity contribution in [3.63, 3.8) is 0 Å². The van der Waals surface area contributed by atoms with E-state index < -0.39 is 11.2 Å². The molecule has 1 heterocycles. The van der Waals surface area contributed by atoms with Crippen molar-refractivity contribution in [3.8, 4) is 0 Å². The minimum absolute atomic E-state index is 0.135. The molecule has 1 aromatic carbocycles. The number of hydrogen-bond donors (Lipinski definition) is 1. The van der Waals surface area contributed by atoms with Gasteiger partial charge in [-0.15, -0.1) is 0 Å². The molecule has 0 amide bonds. The summed E-state index contributed by atoms with van der Waals surface area (Å²) in [5.41, 5.74) is 4.74. The molecule has 0 radical (unpaired) electrons. The van der Waals surface area contributed by atoms with Crippen LogP contribution in [0.15, 0.2) is 6.07 Å². The van der Waals surface area contributed by atoms with Crippen molar-refractivity contribution in [1.29, 1.82) is 0 Å². The first-order valence-corrected chi connectivity index (χ1v) is 6.94. The average Bonchev–Trinajstić information content (AvgIpc) is 2.83. The van der Waals surface area contributed by atoms with Crippen molar-refractivity contribution >= 4 is 5.97 Å². The largest absolute Gasteiger partial charge is 0.475 e. The van der Waals surface area contributed by atoms with Gasteiger partial charge in [-0.25, -0.2) is 10.0 Å². The van der Waals surface area contributed by atoms with Gasteiger partial charge in [0.1, 0.15) is 4.91 Å². The summed E-state index contributed by atoms with van der Waals surface area (Å²) in [7, 11) is 0. The molecule has 1 aliphatic heterocycles. The molecule has 0 saturated carbocycles. The number of cyclic esters (lactones) is 1. The Morgan fingerprint density at radius 1 is 1.48 bits per heavy atom. The maximum absolute atomic E-state index is 12.2. The van der Waals surface area contributed by atoms with Crippen LogP contribution in [0.1, 0.15) is 52.6 Å². The molecule has 1 aliphatic carbocycles. The normalized spacial score (nSPS) is 21.7.